The average Bonchev–Trinajstić information content (AvgIpc) is 2.34. The van der Waals surface area contributed by atoms with Crippen LogP contribution in [0.4, 0.5) is 5.82 Å². The predicted molar refractivity (Wildman–Crippen MR) is 68.2 cm³/mol. The van der Waals surface area contributed by atoms with E-state index in [9.17, 15) is 10.1 Å². The molecule has 0 amide bonds. The quantitative estimate of drug-likeness (QED) is 0.757. The van der Waals surface area contributed by atoms with Crippen molar-refractivity contribution in [3.8, 4) is 6.07 Å². The van der Waals surface area contributed by atoms with Gasteiger partial charge in [-0.3, -0.25) is 4.79 Å². The molecule has 0 atom stereocenters. The van der Waals surface area contributed by atoms with Crippen LogP contribution in [0.2, 0.25) is 0 Å². The van der Waals surface area contributed by atoms with Gasteiger partial charge in [0.1, 0.15) is 18.4 Å². The lowest BCUT2D eigenvalue weighted by Crippen LogP contribution is -2.37. The number of rotatable bonds is 4. The molecule has 1 heterocycles. The fourth-order valence-corrected chi connectivity index (χ4v) is 1.61. The van der Waals surface area contributed by atoms with E-state index in [-0.39, 0.29) is 18.6 Å². The van der Waals surface area contributed by atoms with E-state index in [1.54, 1.807) is 17.2 Å². The molecular formula is C13H17N3O2. The minimum absolute atomic E-state index is 0.0468. The van der Waals surface area contributed by atoms with E-state index in [1.165, 1.54) is 7.11 Å². The first-order valence-corrected chi connectivity index (χ1v) is 5.70. The number of anilines is 1. The molecule has 0 radical (unpaired) electrons. The number of hydrogen-bond donors (Lipinski definition) is 0. The minimum Gasteiger partial charge on any atom is -0.468 e. The van der Waals surface area contributed by atoms with Crippen molar-refractivity contribution in [3.05, 3.63) is 23.4 Å². The first kappa shape index (κ1) is 14.0. The zero-order valence-electron chi connectivity index (χ0n) is 11.1. The van der Waals surface area contributed by atoms with Crippen molar-refractivity contribution in [2.45, 2.75) is 26.8 Å². The summed E-state index contributed by atoms with van der Waals surface area (Å²) in [6, 6.07) is 3.96. The number of aryl methyl sites for hydroxylation is 1. The number of esters is 1. The Kier molecular flexibility index (Phi) is 4.67. The van der Waals surface area contributed by atoms with Gasteiger partial charge in [-0.05, 0) is 32.4 Å². The summed E-state index contributed by atoms with van der Waals surface area (Å²) >= 11 is 0. The third kappa shape index (κ3) is 2.98. The lowest BCUT2D eigenvalue weighted by atomic mass is 10.1. The first-order chi connectivity index (χ1) is 8.51. The number of ether oxygens (including phenoxy) is 1. The Morgan fingerprint density at radius 2 is 2.28 bits per heavy atom. The molecule has 96 valence electrons. The van der Waals surface area contributed by atoms with Gasteiger partial charge in [-0.25, -0.2) is 4.98 Å². The normalized spacial score (nSPS) is 10.0. The standard InChI is InChI=1S/C13H17N3O2/c1-9(2)16(8-12(17)18-4)13-11(7-14)10(3)5-6-15-13/h5-6,9H,8H2,1-4H3. The fraction of sp³-hybridized carbons (Fsp3) is 0.462. The van der Waals surface area contributed by atoms with Crippen molar-refractivity contribution < 1.29 is 9.53 Å². The molecule has 0 spiro atoms. The Morgan fingerprint density at radius 1 is 1.61 bits per heavy atom. The van der Waals surface area contributed by atoms with E-state index < -0.39 is 0 Å². The second-order valence-electron chi connectivity index (χ2n) is 4.24. The van der Waals surface area contributed by atoms with Crippen molar-refractivity contribution in [3.63, 3.8) is 0 Å². The summed E-state index contributed by atoms with van der Waals surface area (Å²) in [6.07, 6.45) is 1.64. The molecule has 0 N–H and O–H groups in total. The number of nitriles is 1. The molecular weight excluding hydrogens is 230 g/mol. The molecule has 0 fully saturated rings. The molecule has 0 aromatic carbocycles. The number of nitrogens with zero attached hydrogens (tertiary/aromatic N) is 3. The summed E-state index contributed by atoms with van der Waals surface area (Å²) in [7, 11) is 1.34. The molecule has 0 aliphatic carbocycles. The van der Waals surface area contributed by atoms with Crippen LogP contribution in [0, 0.1) is 18.3 Å². The SMILES string of the molecule is COC(=O)CN(c1nccc(C)c1C#N)C(C)C. The number of aromatic nitrogens is 1. The van der Waals surface area contributed by atoms with Gasteiger partial charge in [0, 0.05) is 12.2 Å². The van der Waals surface area contributed by atoms with Crippen LogP contribution in [0.1, 0.15) is 25.0 Å². The highest BCUT2D eigenvalue weighted by Crippen LogP contribution is 2.21. The maximum absolute atomic E-state index is 11.4. The van der Waals surface area contributed by atoms with Crippen LogP contribution in [0.25, 0.3) is 0 Å². The van der Waals surface area contributed by atoms with E-state index in [0.717, 1.165) is 5.56 Å². The zero-order chi connectivity index (χ0) is 13.7. The van der Waals surface area contributed by atoms with Crippen LogP contribution in [0.5, 0.6) is 0 Å². The van der Waals surface area contributed by atoms with Crippen LogP contribution in [0.15, 0.2) is 12.3 Å². The minimum atomic E-state index is -0.351. The topological polar surface area (TPSA) is 66.2 Å². The van der Waals surface area contributed by atoms with Gasteiger partial charge in [0.2, 0.25) is 0 Å². The molecule has 0 saturated carbocycles. The maximum atomic E-state index is 11.4. The molecule has 0 aliphatic heterocycles. The van der Waals surface area contributed by atoms with Gasteiger partial charge >= 0.3 is 5.97 Å². The van der Waals surface area contributed by atoms with Crippen molar-refractivity contribution in [2.24, 2.45) is 0 Å². The second-order valence-corrected chi connectivity index (χ2v) is 4.24. The number of pyridine rings is 1. The Morgan fingerprint density at radius 3 is 2.78 bits per heavy atom. The summed E-state index contributed by atoms with van der Waals surface area (Å²) in [5, 5.41) is 9.19. The molecule has 18 heavy (non-hydrogen) atoms. The van der Waals surface area contributed by atoms with E-state index in [0.29, 0.717) is 11.4 Å². The van der Waals surface area contributed by atoms with Crippen molar-refractivity contribution in [1.29, 1.82) is 5.26 Å². The van der Waals surface area contributed by atoms with Gasteiger partial charge in [-0.15, -0.1) is 0 Å². The smallest absolute Gasteiger partial charge is 0.325 e. The summed E-state index contributed by atoms with van der Waals surface area (Å²) in [5.74, 6) is 0.175. The highest BCUT2D eigenvalue weighted by Gasteiger charge is 2.20. The van der Waals surface area contributed by atoms with Crippen molar-refractivity contribution >= 4 is 11.8 Å². The average molecular weight is 247 g/mol. The highest BCUT2D eigenvalue weighted by molar-refractivity contribution is 5.76. The molecule has 5 nitrogen and oxygen atoms in total. The van der Waals surface area contributed by atoms with Gasteiger partial charge in [0.25, 0.3) is 0 Å². The van der Waals surface area contributed by atoms with Crippen molar-refractivity contribution in [2.75, 3.05) is 18.6 Å². The monoisotopic (exact) mass is 247 g/mol. The van der Waals surface area contributed by atoms with Gasteiger partial charge in [0.05, 0.1) is 12.7 Å². The predicted octanol–water partition coefficient (Wildman–Crippen LogP) is 1.65. The van der Waals surface area contributed by atoms with Gasteiger partial charge in [-0.2, -0.15) is 5.26 Å². The Labute approximate surface area is 107 Å². The maximum Gasteiger partial charge on any atom is 0.325 e. The van der Waals surface area contributed by atoms with Gasteiger partial charge in [-0.1, -0.05) is 0 Å². The van der Waals surface area contributed by atoms with Crippen LogP contribution in [-0.4, -0.2) is 30.6 Å². The Balaban J connectivity index is 3.18. The molecule has 1 aromatic rings. The molecule has 0 saturated heterocycles. The van der Waals surface area contributed by atoms with Crippen LogP contribution in [-0.2, 0) is 9.53 Å². The summed E-state index contributed by atoms with van der Waals surface area (Å²) in [6.45, 7) is 5.81. The summed E-state index contributed by atoms with van der Waals surface area (Å²) < 4.78 is 4.66. The number of hydrogen-bond acceptors (Lipinski definition) is 5. The lowest BCUT2D eigenvalue weighted by molar-refractivity contribution is -0.139. The second kappa shape index (κ2) is 6.01. The van der Waals surface area contributed by atoms with Gasteiger partial charge in [0.15, 0.2) is 0 Å². The number of carbonyl (C=O) groups is 1. The largest absolute Gasteiger partial charge is 0.468 e. The van der Waals surface area contributed by atoms with E-state index in [4.69, 9.17) is 0 Å². The lowest BCUT2D eigenvalue weighted by Gasteiger charge is -2.27. The van der Waals surface area contributed by atoms with E-state index >= 15 is 0 Å². The molecule has 0 aliphatic rings. The van der Waals surface area contributed by atoms with E-state index in [2.05, 4.69) is 15.8 Å². The Hall–Kier alpha value is -2.09. The van der Waals surface area contributed by atoms with Crippen LogP contribution >= 0.6 is 0 Å². The van der Waals surface area contributed by atoms with Gasteiger partial charge < -0.3 is 9.64 Å². The van der Waals surface area contributed by atoms with Crippen LogP contribution in [0.3, 0.4) is 0 Å². The first-order valence-electron chi connectivity index (χ1n) is 5.70. The number of carbonyl (C=O) groups excluding carboxylic acids is 1. The molecule has 0 unspecified atom stereocenters. The van der Waals surface area contributed by atoms with Crippen molar-refractivity contribution in [1.82, 2.24) is 4.98 Å². The third-order valence-electron chi connectivity index (χ3n) is 2.67. The number of methoxy groups -OCH3 is 1. The molecule has 5 heteroatoms. The molecule has 0 bridgehead atoms. The molecule has 1 aromatic heterocycles. The van der Waals surface area contributed by atoms with E-state index in [1.807, 2.05) is 20.8 Å². The third-order valence-corrected chi connectivity index (χ3v) is 2.67. The molecule has 1 rings (SSSR count). The highest BCUT2D eigenvalue weighted by atomic mass is 16.5. The fourth-order valence-electron chi connectivity index (χ4n) is 1.61. The van der Waals surface area contributed by atoms with Crippen LogP contribution < -0.4 is 4.90 Å². The summed E-state index contributed by atoms with van der Waals surface area (Å²) in [5.41, 5.74) is 1.34. The summed E-state index contributed by atoms with van der Waals surface area (Å²) in [4.78, 5) is 17.4. The Bertz CT molecular complexity index is 478. The zero-order valence-corrected chi connectivity index (χ0v) is 11.1.